The zero-order chi connectivity index (χ0) is 23.3. The Morgan fingerprint density at radius 1 is 1.03 bits per heavy atom. The summed E-state index contributed by atoms with van der Waals surface area (Å²) < 4.78 is 11.1. The summed E-state index contributed by atoms with van der Waals surface area (Å²) in [6.07, 6.45) is 10.4. The Morgan fingerprint density at radius 3 is 2.43 bits per heavy atom. The number of nitrogens with zero attached hydrogens (tertiary/aromatic N) is 3. The van der Waals surface area contributed by atoms with Crippen LogP contribution in [0.5, 0.6) is 11.5 Å². The van der Waals surface area contributed by atoms with E-state index in [1.165, 1.54) is 45.1 Å². The van der Waals surface area contributed by atoms with E-state index in [1.54, 1.807) is 26.0 Å². The van der Waals surface area contributed by atoms with Gasteiger partial charge in [0.05, 0.1) is 25.5 Å². The minimum Gasteiger partial charge on any atom is -0.497 e. The highest BCUT2D eigenvalue weighted by Crippen LogP contribution is 2.48. The van der Waals surface area contributed by atoms with Gasteiger partial charge >= 0.3 is 0 Å². The van der Waals surface area contributed by atoms with Crippen molar-refractivity contribution < 1.29 is 14.6 Å². The van der Waals surface area contributed by atoms with Crippen LogP contribution in [0, 0.1) is 5.41 Å². The third-order valence-corrected chi connectivity index (χ3v) is 8.86. The van der Waals surface area contributed by atoms with Crippen molar-refractivity contribution in [3.8, 4) is 11.5 Å². The molecule has 1 aromatic rings. The predicted molar refractivity (Wildman–Crippen MR) is 157 cm³/mol. The van der Waals surface area contributed by atoms with Crippen molar-refractivity contribution in [2.75, 3.05) is 52.7 Å². The van der Waals surface area contributed by atoms with E-state index in [2.05, 4.69) is 16.7 Å². The molecule has 0 bridgehead atoms. The van der Waals surface area contributed by atoms with Crippen LogP contribution in [0.3, 0.4) is 0 Å². The third kappa shape index (κ3) is 6.89. The van der Waals surface area contributed by atoms with Crippen LogP contribution in [0.25, 0.3) is 0 Å². The van der Waals surface area contributed by atoms with Gasteiger partial charge in [-0.05, 0) is 57.1 Å². The first-order chi connectivity index (χ1) is 16.0. The van der Waals surface area contributed by atoms with Crippen LogP contribution >= 0.6 is 45.7 Å². The predicted octanol–water partition coefficient (Wildman–Crippen LogP) is 5.87. The van der Waals surface area contributed by atoms with Crippen LogP contribution in [-0.2, 0) is 5.72 Å². The average Bonchev–Trinajstić information content (AvgIpc) is 3.18. The van der Waals surface area contributed by atoms with Gasteiger partial charge in [0, 0.05) is 18.5 Å². The summed E-state index contributed by atoms with van der Waals surface area (Å²) in [5.41, 5.74) is -0.224. The van der Waals surface area contributed by atoms with Crippen LogP contribution in [0.4, 0.5) is 0 Å². The molecule has 0 radical (unpaired) electrons. The maximum absolute atomic E-state index is 11.9. The highest BCUT2D eigenvalue weighted by atomic mass is 79.9. The van der Waals surface area contributed by atoms with Gasteiger partial charge in [0.25, 0.3) is 0 Å². The Morgan fingerprint density at radius 2 is 1.74 bits per heavy atom. The van der Waals surface area contributed by atoms with Gasteiger partial charge in [-0.3, -0.25) is 4.99 Å². The number of amidine groups is 1. The number of methoxy groups -OCH3 is 2. The van der Waals surface area contributed by atoms with E-state index in [9.17, 15) is 5.11 Å². The summed E-state index contributed by atoms with van der Waals surface area (Å²) in [4.78, 5) is 9.75. The quantitative estimate of drug-likeness (QED) is 0.325. The standard InChI is InChI=1S/C26H41N3O3S.2BrH/c1-4-5-6-7-8-9-14-28-15-12-25(13-16-28)18-27-24-29(19-25)26(30,20-33-24)22-17-21(31-2)10-11-23(22)32-3;;/h10-11,17,30H,4-9,12-16,18-20H2,1-3H3;2*1H. The largest absolute Gasteiger partial charge is 0.497 e. The minimum atomic E-state index is -1.13. The van der Waals surface area contributed by atoms with Gasteiger partial charge in [0.1, 0.15) is 11.5 Å². The molecule has 0 aromatic heterocycles. The zero-order valence-corrected chi connectivity index (χ0v) is 25.7. The monoisotopic (exact) mass is 635 g/mol. The second-order valence-corrected chi connectivity index (χ2v) is 10.9. The van der Waals surface area contributed by atoms with E-state index in [0.717, 1.165) is 55.5 Å². The summed E-state index contributed by atoms with van der Waals surface area (Å²) >= 11 is 1.65. The third-order valence-electron chi connectivity index (χ3n) is 7.71. The second kappa shape index (κ2) is 13.9. The lowest BCUT2D eigenvalue weighted by atomic mass is 9.76. The van der Waals surface area contributed by atoms with Crippen LogP contribution in [0.2, 0.25) is 0 Å². The molecule has 2 fully saturated rings. The summed E-state index contributed by atoms with van der Waals surface area (Å²) in [6, 6.07) is 5.67. The average molecular weight is 638 g/mol. The maximum atomic E-state index is 11.9. The molecule has 0 amide bonds. The van der Waals surface area contributed by atoms with Crippen molar-refractivity contribution in [2.45, 2.75) is 64.0 Å². The lowest BCUT2D eigenvalue weighted by molar-refractivity contribution is -0.0766. The van der Waals surface area contributed by atoms with Crippen LogP contribution < -0.4 is 9.47 Å². The lowest BCUT2D eigenvalue weighted by Gasteiger charge is -2.48. The molecule has 35 heavy (non-hydrogen) atoms. The Bertz CT molecular complexity index is 836. The number of unbranched alkanes of at least 4 members (excludes halogenated alkanes) is 5. The summed E-state index contributed by atoms with van der Waals surface area (Å²) in [5.74, 6) is 1.97. The molecular formula is C26H43Br2N3O3S. The first-order valence-corrected chi connectivity index (χ1v) is 13.6. The molecule has 6 nitrogen and oxygen atoms in total. The molecule has 3 heterocycles. The van der Waals surface area contributed by atoms with Gasteiger partial charge in [-0.15, -0.1) is 34.0 Å². The molecule has 1 atom stereocenters. The fourth-order valence-electron chi connectivity index (χ4n) is 5.46. The van der Waals surface area contributed by atoms with E-state index in [1.807, 2.05) is 18.2 Å². The molecule has 3 aliphatic rings. The van der Waals surface area contributed by atoms with Gasteiger partial charge in [0.2, 0.25) is 0 Å². The summed E-state index contributed by atoms with van der Waals surface area (Å²) in [6.45, 7) is 7.50. The van der Waals surface area contributed by atoms with E-state index in [0.29, 0.717) is 11.5 Å². The molecule has 1 spiro atoms. The molecule has 9 heteroatoms. The van der Waals surface area contributed by atoms with E-state index in [4.69, 9.17) is 14.5 Å². The first kappa shape index (κ1) is 30.7. The van der Waals surface area contributed by atoms with E-state index >= 15 is 0 Å². The molecular weight excluding hydrogens is 594 g/mol. The topological polar surface area (TPSA) is 57.5 Å². The SMILES string of the molecule is Br.Br.CCCCCCCCN1CCC2(CC1)CN=C1SCC(O)(c3cc(OC)ccc3OC)N1C2. The van der Waals surface area contributed by atoms with Crippen molar-refractivity contribution in [1.29, 1.82) is 0 Å². The highest BCUT2D eigenvalue weighted by molar-refractivity contribution is 8.93. The van der Waals surface area contributed by atoms with Gasteiger partial charge in [0.15, 0.2) is 10.9 Å². The molecule has 1 aromatic carbocycles. The fourth-order valence-corrected chi connectivity index (χ4v) is 6.63. The van der Waals surface area contributed by atoms with Gasteiger partial charge in [-0.25, -0.2) is 0 Å². The fraction of sp³-hybridized carbons (Fsp3) is 0.731. The number of rotatable bonds is 10. The molecule has 2 saturated heterocycles. The summed E-state index contributed by atoms with van der Waals surface area (Å²) in [7, 11) is 3.31. The number of piperidine rings is 1. The molecule has 1 unspecified atom stereocenters. The number of halogens is 2. The molecule has 0 aliphatic carbocycles. The second-order valence-electron chi connectivity index (χ2n) is 9.97. The minimum absolute atomic E-state index is 0. The maximum Gasteiger partial charge on any atom is 0.179 e. The number of hydrogen-bond donors (Lipinski definition) is 1. The Balaban J connectivity index is 0.00000216. The van der Waals surface area contributed by atoms with E-state index < -0.39 is 5.72 Å². The number of aliphatic imine (C=N–C) groups is 1. The number of ether oxygens (including phenoxy) is 2. The number of fused-ring (bicyclic) bond motifs is 1. The van der Waals surface area contributed by atoms with Crippen LogP contribution in [0.15, 0.2) is 23.2 Å². The zero-order valence-electron chi connectivity index (χ0n) is 21.5. The number of hydrogen-bond acceptors (Lipinski definition) is 7. The molecule has 1 N–H and O–H groups in total. The Hall–Kier alpha value is -0.480. The molecule has 3 aliphatic heterocycles. The number of likely N-dealkylation sites (tertiary alicyclic amines) is 1. The smallest absolute Gasteiger partial charge is 0.179 e. The Kier molecular flexibility index (Phi) is 12.2. The van der Waals surface area contributed by atoms with Gasteiger partial charge < -0.3 is 24.4 Å². The van der Waals surface area contributed by atoms with Crippen molar-refractivity contribution in [1.82, 2.24) is 9.80 Å². The normalized spacial score (nSPS) is 23.2. The van der Waals surface area contributed by atoms with Gasteiger partial charge in [-0.1, -0.05) is 50.8 Å². The lowest BCUT2D eigenvalue weighted by Crippen LogP contribution is -2.56. The van der Waals surface area contributed by atoms with Crippen molar-refractivity contribution in [3.05, 3.63) is 23.8 Å². The Labute approximate surface area is 236 Å². The molecule has 200 valence electrons. The van der Waals surface area contributed by atoms with E-state index in [-0.39, 0.29) is 39.4 Å². The van der Waals surface area contributed by atoms with Crippen molar-refractivity contribution in [3.63, 3.8) is 0 Å². The molecule has 0 saturated carbocycles. The highest BCUT2D eigenvalue weighted by Gasteiger charge is 2.52. The molecule has 4 rings (SSSR count). The number of aliphatic hydroxyl groups is 1. The van der Waals surface area contributed by atoms with Crippen molar-refractivity contribution >= 4 is 50.9 Å². The van der Waals surface area contributed by atoms with Crippen LogP contribution in [-0.4, -0.2) is 72.8 Å². The van der Waals surface area contributed by atoms with Gasteiger partial charge in [-0.2, -0.15) is 0 Å². The van der Waals surface area contributed by atoms with Crippen molar-refractivity contribution in [2.24, 2.45) is 10.4 Å². The number of thioether (sulfide) groups is 1. The summed E-state index contributed by atoms with van der Waals surface area (Å²) in [5, 5.41) is 12.9. The first-order valence-electron chi connectivity index (χ1n) is 12.7. The van der Waals surface area contributed by atoms with Crippen LogP contribution in [0.1, 0.15) is 63.9 Å². The number of benzene rings is 1.